The summed E-state index contributed by atoms with van der Waals surface area (Å²) in [6, 6.07) is 29.2. The van der Waals surface area contributed by atoms with Gasteiger partial charge in [0.15, 0.2) is 5.17 Å². The van der Waals surface area contributed by atoms with Gasteiger partial charge in [-0.15, -0.1) is 5.10 Å². The molecule has 2 heterocycles. The standard InChI is InChI=1S/C28H20ClN3O2S/c29-24-14-10-21(11-15-24)18-30-31-28-32(19-25-7-4-16-34-25)27(33)26(35-28)17-20-8-12-23(13-9-20)22-5-2-1-3-6-22/h1-18H,19H2/b26-17-,30-18+,31-28-. The number of carbonyl (C=O) groups excluding carboxylic acids is 1. The van der Waals surface area contributed by atoms with Crippen molar-refractivity contribution in [3.63, 3.8) is 0 Å². The van der Waals surface area contributed by atoms with E-state index in [-0.39, 0.29) is 12.5 Å². The molecule has 0 N–H and O–H groups in total. The van der Waals surface area contributed by atoms with Gasteiger partial charge in [0, 0.05) is 5.02 Å². The number of halogens is 1. The molecule has 1 saturated heterocycles. The summed E-state index contributed by atoms with van der Waals surface area (Å²) >= 11 is 7.23. The molecule has 5 nitrogen and oxygen atoms in total. The molecule has 5 rings (SSSR count). The van der Waals surface area contributed by atoms with E-state index in [1.165, 1.54) is 11.8 Å². The van der Waals surface area contributed by atoms with Gasteiger partial charge in [-0.1, -0.05) is 78.3 Å². The number of benzene rings is 3. The lowest BCUT2D eigenvalue weighted by molar-refractivity contribution is -0.122. The van der Waals surface area contributed by atoms with Gasteiger partial charge in [0.05, 0.1) is 23.9 Å². The van der Waals surface area contributed by atoms with Crippen molar-refractivity contribution >= 4 is 46.7 Å². The second kappa shape index (κ2) is 10.6. The first-order valence-corrected chi connectivity index (χ1v) is 12.1. The number of amidine groups is 1. The van der Waals surface area contributed by atoms with Crippen molar-refractivity contribution in [2.45, 2.75) is 6.54 Å². The molecule has 35 heavy (non-hydrogen) atoms. The zero-order valence-electron chi connectivity index (χ0n) is 18.5. The van der Waals surface area contributed by atoms with Gasteiger partial charge >= 0.3 is 0 Å². The number of nitrogens with zero attached hydrogens (tertiary/aromatic N) is 3. The average molecular weight is 498 g/mol. The van der Waals surface area contributed by atoms with Crippen LogP contribution < -0.4 is 0 Å². The van der Waals surface area contributed by atoms with Crippen LogP contribution in [0, 0.1) is 0 Å². The normalized spacial score (nSPS) is 16.1. The molecular formula is C28H20ClN3O2S. The monoisotopic (exact) mass is 497 g/mol. The summed E-state index contributed by atoms with van der Waals surface area (Å²) in [5.41, 5.74) is 4.07. The highest BCUT2D eigenvalue weighted by Gasteiger charge is 2.34. The first kappa shape index (κ1) is 22.9. The van der Waals surface area contributed by atoms with Gasteiger partial charge in [0.25, 0.3) is 5.91 Å². The molecule has 1 aliphatic heterocycles. The van der Waals surface area contributed by atoms with Gasteiger partial charge in [0.2, 0.25) is 0 Å². The van der Waals surface area contributed by atoms with Crippen LogP contribution >= 0.6 is 23.4 Å². The molecule has 4 aromatic rings. The molecule has 3 aromatic carbocycles. The van der Waals surface area contributed by atoms with Crippen LogP contribution in [0.25, 0.3) is 17.2 Å². The lowest BCUT2D eigenvalue weighted by Gasteiger charge is -2.12. The van der Waals surface area contributed by atoms with E-state index in [4.69, 9.17) is 16.0 Å². The molecule has 172 valence electrons. The molecule has 0 atom stereocenters. The maximum Gasteiger partial charge on any atom is 0.267 e. The van der Waals surface area contributed by atoms with Gasteiger partial charge in [-0.2, -0.15) is 5.10 Å². The van der Waals surface area contributed by atoms with E-state index < -0.39 is 0 Å². The first-order valence-electron chi connectivity index (χ1n) is 10.9. The van der Waals surface area contributed by atoms with Gasteiger partial charge in [-0.25, -0.2) is 0 Å². The minimum atomic E-state index is -0.140. The van der Waals surface area contributed by atoms with E-state index in [0.717, 1.165) is 22.3 Å². The van der Waals surface area contributed by atoms with E-state index in [0.29, 0.717) is 20.9 Å². The van der Waals surface area contributed by atoms with Crippen LogP contribution in [0.15, 0.2) is 117 Å². The molecular weight excluding hydrogens is 478 g/mol. The largest absolute Gasteiger partial charge is 0.467 e. The number of furan rings is 1. The summed E-state index contributed by atoms with van der Waals surface area (Å²) in [5.74, 6) is 0.528. The molecule has 0 radical (unpaired) electrons. The molecule has 0 aliphatic carbocycles. The third kappa shape index (κ3) is 5.62. The average Bonchev–Trinajstić information content (AvgIpc) is 3.51. The van der Waals surface area contributed by atoms with Gasteiger partial charge in [0.1, 0.15) is 5.76 Å². The summed E-state index contributed by atoms with van der Waals surface area (Å²) in [5, 5.41) is 9.68. The second-order valence-corrected chi connectivity index (χ2v) is 9.19. The number of hydrogen-bond acceptors (Lipinski definition) is 5. The highest BCUT2D eigenvalue weighted by Crippen LogP contribution is 2.34. The van der Waals surface area contributed by atoms with Crippen LogP contribution in [0.1, 0.15) is 16.9 Å². The number of thioether (sulfide) groups is 1. The van der Waals surface area contributed by atoms with E-state index >= 15 is 0 Å². The molecule has 1 fully saturated rings. The van der Waals surface area contributed by atoms with Crippen LogP contribution in [-0.2, 0) is 11.3 Å². The Morgan fingerprint density at radius 3 is 2.29 bits per heavy atom. The van der Waals surface area contributed by atoms with Crippen LogP contribution in [0.4, 0.5) is 0 Å². The molecule has 0 saturated carbocycles. The number of hydrogen-bond donors (Lipinski definition) is 0. The van der Waals surface area contributed by atoms with Crippen LogP contribution in [-0.4, -0.2) is 22.2 Å². The Morgan fingerprint density at radius 1 is 0.857 bits per heavy atom. The van der Waals surface area contributed by atoms with Crippen molar-refractivity contribution in [1.82, 2.24) is 4.90 Å². The Morgan fingerprint density at radius 2 is 1.57 bits per heavy atom. The summed E-state index contributed by atoms with van der Waals surface area (Å²) in [6.45, 7) is 0.276. The first-order chi connectivity index (χ1) is 17.2. The van der Waals surface area contributed by atoms with Crippen molar-refractivity contribution in [2.75, 3.05) is 0 Å². The van der Waals surface area contributed by atoms with Crippen molar-refractivity contribution in [3.05, 3.63) is 124 Å². The quantitative estimate of drug-likeness (QED) is 0.162. The molecule has 7 heteroatoms. The predicted molar refractivity (Wildman–Crippen MR) is 143 cm³/mol. The number of rotatable bonds is 6. The van der Waals surface area contributed by atoms with E-state index in [9.17, 15) is 4.79 Å². The summed E-state index contributed by atoms with van der Waals surface area (Å²) < 4.78 is 5.46. The van der Waals surface area contributed by atoms with Crippen molar-refractivity contribution in [1.29, 1.82) is 0 Å². The summed E-state index contributed by atoms with van der Waals surface area (Å²) in [7, 11) is 0. The molecule has 0 bridgehead atoms. The highest BCUT2D eigenvalue weighted by molar-refractivity contribution is 8.18. The molecule has 0 unspecified atom stereocenters. The van der Waals surface area contributed by atoms with Crippen LogP contribution in [0.2, 0.25) is 5.02 Å². The third-order valence-electron chi connectivity index (χ3n) is 5.32. The van der Waals surface area contributed by atoms with E-state index in [2.05, 4.69) is 34.5 Å². The van der Waals surface area contributed by atoms with Crippen LogP contribution in [0.5, 0.6) is 0 Å². The van der Waals surface area contributed by atoms with Gasteiger partial charge in [-0.05, 0) is 64.4 Å². The van der Waals surface area contributed by atoms with E-state index in [1.807, 2.05) is 54.6 Å². The van der Waals surface area contributed by atoms with E-state index in [1.54, 1.807) is 35.6 Å². The smallest absolute Gasteiger partial charge is 0.267 e. The Bertz CT molecular complexity index is 1400. The highest BCUT2D eigenvalue weighted by atomic mass is 35.5. The minimum absolute atomic E-state index is 0.140. The van der Waals surface area contributed by atoms with Crippen LogP contribution in [0.3, 0.4) is 0 Å². The Balaban J connectivity index is 1.39. The molecule has 1 aromatic heterocycles. The van der Waals surface area contributed by atoms with Gasteiger partial charge < -0.3 is 4.42 Å². The second-order valence-electron chi connectivity index (χ2n) is 7.75. The fourth-order valence-electron chi connectivity index (χ4n) is 3.53. The number of carbonyl (C=O) groups is 1. The molecule has 1 aliphatic rings. The summed E-state index contributed by atoms with van der Waals surface area (Å²) in [4.78, 5) is 15.4. The third-order valence-corrected chi connectivity index (χ3v) is 6.57. The zero-order chi connectivity index (χ0) is 24.0. The Labute approximate surface area is 212 Å². The fourth-order valence-corrected chi connectivity index (χ4v) is 4.59. The summed E-state index contributed by atoms with van der Waals surface area (Å²) in [6.07, 6.45) is 5.09. The van der Waals surface area contributed by atoms with Crippen molar-refractivity contribution in [2.24, 2.45) is 10.2 Å². The maximum atomic E-state index is 13.3. The Hall–Kier alpha value is -3.87. The zero-order valence-corrected chi connectivity index (χ0v) is 20.1. The van der Waals surface area contributed by atoms with Gasteiger partial charge in [-0.3, -0.25) is 9.69 Å². The lowest BCUT2D eigenvalue weighted by Crippen LogP contribution is -2.28. The minimum Gasteiger partial charge on any atom is -0.467 e. The SMILES string of the molecule is O=C1/C(=C/c2ccc(-c3ccccc3)cc2)S/C(=N\N=C\c2ccc(Cl)cc2)N1Cc1ccco1. The molecule has 1 amide bonds. The Kier molecular flexibility index (Phi) is 6.93. The maximum absolute atomic E-state index is 13.3. The van der Waals surface area contributed by atoms with Crippen molar-refractivity contribution < 1.29 is 9.21 Å². The number of amides is 1. The van der Waals surface area contributed by atoms with Crippen molar-refractivity contribution in [3.8, 4) is 11.1 Å². The topological polar surface area (TPSA) is 58.2 Å². The fraction of sp³-hybridized carbons (Fsp3) is 0.0357. The predicted octanol–water partition coefficient (Wildman–Crippen LogP) is 7.11. The lowest BCUT2D eigenvalue weighted by atomic mass is 10.0. The molecule has 0 spiro atoms.